The van der Waals surface area contributed by atoms with Crippen molar-refractivity contribution in [2.24, 2.45) is 5.41 Å². The molecule has 0 spiro atoms. The average Bonchev–Trinajstić information content (AvgIpc) is 2.78. The van der Waals surface area contributed by atoms with Crippen LogP contribution < -0.4 is 0 Å². The summed E-state index contributed by atoms with van der Waals surface area (Å²) in [4.78, 5) is 18.1. The molecule has 5 rings (SSSR count). The Hall–Kier alpha value is -2.37. The average molecular weight is 463 g/mol. The number of carbonyl (C=O) groups is 1. The van der Waals surface area contributed by atoms with Crippen LogP contribution in [0.25, 0.3) is 0 Å². The number of aromatic hydroxyl groups is 1. The van der Waals surface area contributed by atoms with Crippen LogP contribution in [0.1, 0.15) is 74.0 Å². The third-order valence-electron chi connectivity index (χ3n) is 9.43. The van der Waals surface area contributed by atoms with E-state index in [4.69, 9.17) is 0 Å². The van der Waals surface area contributed by atoms with Crippen LogP contribution in [0.15, 0.2) is 42.5 Å². The standard InChI is InChI=1S/C29H38N2O3/c1-27(2)25-18-22-23(6-5-7-24(22)32)29(27,4)14-17-31(25)26(33)21-10-8-20(9-11-21)19-30-15-12-28(3,34)13-16-30/h5-11,25,32,34H,12-19H2,1-4H3/t25-,29+/m1/s1. The summed E-state index contributed by atoms with van der Waals surface area (Å²) < 4.78 is 0. The number of amides is 1. The summed E-state index contributed by atoms with van der Waals surface area (Å²) in [7, 11) is 0. The molecule has 1 aliphatic carbocycles. The van der Waals surface area contributed by atoms with Gasteiger partial charge in [-0.1, -0.05) is 45.0 Å². The summed E-state index contributed by atoms with van der Waals surface area (Å²) in [6.45, 7) is 12.1. The summed E-state index contributed by atoms with van der Waals surface area (Å²) in [6.07, 6.45) is 3.17. The van der Waals surface area contributed by atoms with Gasteiger partial charge >= 0.3 is 0 Å². The lowest BCUT2D eigenvalue weighted by atomic mass is 9.51. The lowest BCUT2D eigenvalue weighted by Crippen LogP contribution is -2.64. The molecule has 182 valence electrons. The van der Waals surface area contributed by atoms with Gasteiger partial charge in [0.2, 0.25) is 0 Å². The number of piperidine rings is 2. The molecule has 5 heteroatoms. The first-order chi connectivity index (χ1) is 16.0. The van der Waals surface area contributed by atoms with Crippen molar-refractivity contribution < 1.29 is 15.0 Å². The topological polar surface area (TPSA) is 64.0 Å². The second-order valence-corrected chi connectivity index (χ2v) is 11.8. The fraction of sp³-hybridized carbons (Fsp3) is 0.552. The van der Waals surface area contributed by atoms with E-state index < -0.39 is 5.60 Å². The molecular formula is C29H38N2O3. The molecule has 5 nitrogen and oxygen atoms in total. The Bertz CT molecular complexity index is 1080. The van der Waals surface area contributed by atoms with Gasteiger partial charge < -0.3 is 15.1 Å². The van der Waals surface area contributed by atoms with E-state index in [0.717, 1.165) is 56.6 Å². The van der Waals surface area contributed by atoms with Crippen molar-refractivity contribution in [2.75, 3.05) is 19.6 Å². The van der Waals surface area contributed by atoms with Crippen LogP contribution >= 0.6 is 0 Å². The van der Waals surface area contributed by atoms with Crippen molar-refractivity contribution in [3.63, 3.8) is 0 Å². The highest BCUT2D eigenvalue weighted by Crippen LogP contribution is 2.57. The third kappa shape index (κ3) is 3.74. The SMILES string of the molecule is CC1(O)CCN(Cc2ccc(C(=O)N3CC[C@@]4(C)c5cccc(O)c5C[C@@H]3C4(C)C)cc2)CC1. The molecule has 2 saturated heterocycles. The molecule has 2 N–H and O–H groups in total. The molecule has 2 heterocycles. The van der Waals surface area contributed by atoms with E-state index in [1.54, 1.807) is 6.07 Å². The summed E-state index contributed by atoms with van der Waals surface area (Å²) in [6, 6.07) is 14.0. The smallest absolute Gasteiger partial charge is 0.254 e. The molecule has 0 unspecified atom stereocenters. The number of rotatable bonds is 3. The molecule has 0 radical (unpaired) electrons. The number of hydrogen-bond donors (Lipinski definition) is 2. The van der Waals surface area contributed by atoms with Gasteiger partial charge in [-0.15, -0.1) is 0 Å². The first-order valence-electron chi connectivity index (χ1n) is 12.7. The molecule has 1 amide bonds. The van der Waals surface area contributed by atoms with Crippen molar-refractivity contribution in [2.45, 2.75) is 77.0 Å². The van der Waals surface area contributed by atoms with E-state index in [1.165, 1.54) is 11.1 Å². The lowest BCUT2D eigenvalue weighted by Gasteiger charge is -2.60. The highest BCUT2D eigenvalue weighted by atomic mass is 16.3. The number of phenols is 1. The minimum absolute atomic E-state index is 0.0420. The van der Waals surface area contributed by atoms with Crippen molar-refractivity contribution in [1.29, 1.82) is 0 Å². The van der Waals surface area contributed by atoms with Gasteiger partial charge in [-0.25, -0.2) is 0 Å². The van der Waals surface area contributed by atoms with Gasteiger partial charge in [0.05, 0.1) is 5.60 Å². The molecule has 0 saturated carbocycles. The van der Waals surface area contributed by atoms with E-state index in [2.05, 4.69) is 48.8 Å². The van der Waals surface area contributed by atoms with Crippen LogP contribution in [0.4, 0.5) is 0 Å². The van der Waals surface area contributed by atoms with Crippen LogP contribution in [0.2, 0.25) is 0 Å². The van der Waals surface area contributed by atoms with Gasteiger partial charge in [-0.05, 0) is 72.9 Å². The number of aliphatic hydroxyl groups is 1. The van der Waals surface area contributed by atoms with E-state index in [0.29, 0.717) is 12.2 Å². The van der Waals surface area contributed by atoms with E-state index in [-0.39, 0.29) is 22.8 Å². The zero-order valence-corrected chi connectivity index (χ0v) is 21.0. The van der Waals surface area contributed by atoms with Crippen LogP contribution in [0, 0.1) is 5.41 Å². The molecule has 2 aromatic carbocycles. The minimum atomic E-state index is -0.540. The van der Waals surface area contributed by atoms with Gasteiger partial charge in [0.1, 0.15) is 5.75 Å². The van der Waals surface area contributed by atoms with E-state index in [1.807, 2.05) is 25.1 Å². The predicted molar refractivity (Wildman–Crippen MR) is 134 cm³/mol. The number of phenolic OH excluding ortho intramolecular Hbond substituents is 1. The Morgan fingerprint density at radius 2 is 1.65 bits per heavy atom. The Labute approximate surface area is 203 Å². The third-order valence-corrected chi connectivity index (χ3v) is 9.43. The molecule has 2 bridgehead atoms. The number of benzene rings is 2. The maximum absolute atomic E-state index is 13.7. The Morgan fingerprint density at radius 1 is 0.971 bits per heavy atom. The zero-order chi connectivity index (χ0) is 24.3. The largest absolute Gasteiger partial charge is 0.508 e. The summed E-state index contributed by atoms with van der Waals surface area (Å²) in [5.41, 5.74) is 3.45. The number of likely N-dealkylation sites (tertiary alicyclic amines) is 2. The molecule has 2 aromatic rings. The number of fused-ring (bicyclic) bond motifs is 4. The number of nitrogens with zero attached hydrogens (tertiary/aromatic N) is 2. The Morgan fingerprint density at radius 3 is 2.32 bits per heavy atom. The molecular weight excluding hydrogens is 424 g/mol. The summed E-state index contributed by atoms with van der Waals surface area (Å²) in [5, 5.41) is 20.8. The maximum Gasteiger partial charge on any atom is 0.254 e. The number of carbonyl (C=O) groups excluding carboxylic acids is 1. The highest BCUT2D eigenvalue weighted by Gasteiger charge is 2.57. The van der Waals surface area contributed by atoms with Crippen molar-refractivity contribution >= 4 is 5.91 Å². The second-order valence-electron chi connectivity index (χ2n) is 11.8. The normalized spacial score (nSPS) is 27.8. The monoisotopic (exact) mass is 462 g/mol. The lowest BCUT2D eigenvalue weighted by molar-refractivity contribution is -0.0266. The van der Waals surface area contributed by atoms with Crippen LogP contribution in [0.3, 0.4) is 0 Å². The fourth-order valence-corrected chi connectivity index (χ4v) is 6.54. The zero-order valence-electron chi connectivity index (χ0n) is 21.0. The van der Waals surface area contributed by atoms with Crippen molar-refractivity contribution in [1.82, 2.24) is 9.80 Å². The molecule has 0 aromatic heterocycles. The van der Waals surface area contributed by atoms with Crippen LogP contribution in [-0.4, -0.2) is 57.2 Å². The Kier molecular flexibility index (Phi) is 5.57. The molecule has 34 heavy (non-hydrogen) atoms. The quantitative estimate of drug-likeness (QED) is 0.705. The van der Waals surface area contributed by atoms with Gasteiger partial charge in [0, 0.05) is 43.2 Å². The fourth-order valence-electron chi connectivity index (χ4n) is 6.54. The molecule has 3 aliphatic rings. The van der Waals surface area contributed by atoms with Crippen LogP contribution in [-0.2, 0) is 18.4 Å². The minimum Gasteiger partial charge on any atom is -0.508 e. The Balaban J connectivity index is 1.34. The summed E-state index contributed by atoms with van der Waals surface area (Å²) in [5.74, 6) is 0.432. The molecule has 2 fully saturated rings. The van der Waals surface area contributed by atoms with Gasteiger partial charge in [-0.2, -0.15) is 0 Å². The van der Waals surface area contributed by atoms with Gasteiger partial charge in [0.15, 0.2) is 0 Å². The first-order valence-corrected chi connectivity index (χ1v) is 12.7. The van der Waals surface area contributed by atoms with Crippen LogP contribution in [0.5, 0.6) is 5.75 Å². The predicted octanol–water partition coefficient (Wildman–Crippen LogP) is 4.49. The number of hydrogen-bond acceptors (Lipinski definition) is 4. The summed E-state index contributed by atoms with van der Waals surface area (Å²) >= 11 is 0. The second kappa shape index (κ2) is 8.10. The van der Waals surface area contributed by atoms with Gasteiger partial charge in [-0.3, -0.25) is 9.69 Å². The van der Waals surface area contributed by atoms with Crippen molar-refractivity contribution in [3.05, 3.63) is 64.7 Å². The highest BCUT2D eigenvalue weighted by molar-refractivity contribution is 5.94. The maximum atomic E-state index is 13.7. The van der Waals surface area contributed by atoms with Crippen molar-refractivity contribution in [3.8, 4) is 5.75 Å². The molecule has 2 atom stereocenters. The van der Waals surface area contributed by atoms with Gasteiger partial charge in [0.25, 0.3) is 5.91 Å². The van der Waals surface area contributed by atoms with E-state index in [9.17, 15) is 15.0 Å². The molecule has 2 aliphatic heterocycles. The van der Waals surface area contributed by atoms with E-state index >= 15 is 0 Å². The first kappa shape index (κ1) is 23.4.